The van der Waals surface area contributed by atoms with Gasteiger partial charge < -0.3 is 9.47 Å². The highest BCUT2D eigenvalue weighted by atomic mass is 16.7. The minimum atomic E-state index is -1.34. The molecule has 0 saturated carbocycles. The average Bonchev–Trinajstić information content (AvgIpc) is 2.52. The molecule has 4 nitrogen and oxygen atoms in total. The summed E-state index contributed by atoms with van der Waals surface area (Å²) < 4.78 is 10.6. The van der Waals surface area contributed by atoms with Crippen LogP contribution in [0, 0.1) is 5.41 Å². The Labute approximate surface area is 143 Å². The molecular weight excluding hydrogens is 304 g/mol. The smallest absolute Gasteiger partial charge is 0.327 e. The van der Waals surface area contributed by atoms with Crippen molar-refractivity contribution >= 4 is 11.9 Å². The number of rotatable bonds is 6. The van der Waals surface area contributed by atoms with E-state index in [0.29, 0.717) is 0 Å². The zero-order chi connectivity index (χ0) is 17.8. The third-order valence-corrected chi connectivity index (χ3v) is 4.17. The fourth-order valence-electron chi connectivity index (χ4n) is 2.75. The van der Waals surface area contributed by atoms with Crippen molar-refractivity contribution in [3.63, 3.8) is 0 Å². The Hall–Kier alpha value is -2.36. The SMILES string of the molecule is C=CCC1(C/C=C/C(C)c2ccccc2)C(=O)OC(C)(C)OC1=O. The Morgan fingerprint density at radius 1 is 1.08 bits per heavy atom. The minimum Gasteiger partial charge on any atom is -0.422 e. The number of cyclic esters (lactones) is 2. The molecule has 24 heavy (non-hydrogen) atoms. The Balaban J connectivity index is 2.17. The van der Waals surface area contributed by atoms with E-state index in [-0.39, 0.29) is 18.8 Å². The molecule has 1 aliphatic rings. The summed E-state index contributed by atoms with van der Waals surface area (Å²) in [7, 11) is 0. The van der Waals surface area contributed by atoms with E-state index in [1.807, 2.05) is 42.5 Å². The van der Waals surface area contributed by atoms with E-state index < -0.39 is 23.1 Å². The van der Waals surface area contributed by atoms with E-state index in [2.05, 4.69) is 13.5 Å². The third-order valence-electron chi connectivity index (χ3n) is 4.17. The van der Waals surface area contributed by atoms with E-state index >= 15 is 0 Å². The van der Waals surface area contributed by atoms with Crippen molar-refractivity contribution in [1.82, 2.24) is 0 Å². The number of ether oxygens (including phenoxy) is 2. The molecule has 0 aromatic heterocycles. The van der Waals surface area contributed by atoms with Crippen LogP contribution in [0.2, 0.25) is 0 Å². The summed E-state index contributed by atoms with van der Waals surface area (Å²) in [6.07, 6.45) is 5.80. The maximum atomic E-state index is 12.5. The Morgan fingerprint density at radius 2 is 1.67 bits per heavy atom. The summed E-state index contributed by atoms with van der Waals surface area (Å²) in [6.45, 7) is 8.82. The van der Waals surface area contributed by atoms with Crippen LogP contribution in [0.15, 0.2) is 55.1 Å². The second kappa shape index (κ2) is 7.04. The largest absolute Gasteiger partial charge is 0.422 e. The molecule has 1 saturated heterocycles. The van der Waals surface area contributed by atoms with Crippen LogP contribution >= 0.6 is 0 Å². The van der Waals surface area contributed by atoms with Gasteiger partial charge in [-0.1, -0.05) is 55.5 Å². The molecule has 0 spiro atoms. The highest BCUT2D eigenvalue weighted by Gasteiger charge is 2.54. The number of carbonyl (C=O) groups is 2. The topological polar surface area (TPSA) is 52.6 Å². The van der Waals surface area contributed by atoms with Crippen LogP contribution in [-0.4, -0.2) is 17.7 Å². The molecule has 4 heteroatoms. The van der Waals surface area contributed by atoms with Crippen LogP contribution < -0.4 is 0 Å². The average molecular weight is 328 g/mol. The minimum absolute atomic E-state index is 0.180. The number of hydrogen-bond acceptors (Lipinski definition) is 4. The summed E-state index contributed by atoms with van der Waals surface area (Å²) in [5.41, 5.74) is -0.175. The standard InChI is InChI=1S/C20H24O4/c1-5-13-20(17(21)23-19(3,4)24-18(20)22)14-9-10-15(2)16-11-7-6-8-12-16/h5-12,15H,1,13-14H2,2-4H3/b10-9+. The van der Waals surface area contributed by atoms with E-state index in [1.54, 1.807) is 19.9 Å². The van der Waals surface area contributed by atoms with E-state index in [1.165, 1.54) is 5.56 Å². The van der Waals surface area contributed by atoms with Crippen LogP contribution in [0.4, 0.5) is 0 Å². The molecule has 0 amide bonds. The molecule has 0 bridgehead atoms. The second-order valence-electron chi connectivity index (χ2n) is 6.59. The number of esters is 2. The zero-order valence-electron chi connectivity index (χ0n) is 14.5. The quantitative estimate of drug-likeness (QED) is 0.447. The van der Waals surface area contributed by atoms with Gasteiger partial charge in [0.15, 0.2) is 5.41 Å². The molecule has 2 rings (SSSR count). The van der Waals surface area contributed by atoms with Gasteiger partial charge in [-0.05, 0) is 24.3 Å². The van der Waals surface area contributed by atoms with Crippen molar-refractivity contribution < 1.29 is 19.1 Å². The van der Waals surface area contributed by atoms with Gasteiger partial charge in [0, 0.05) is 13.8 Å². The van der Waals surface area contributed by atoms with Gasteiger partial charge in [0.1, 0.15) is 0 Å². The molecule has 1 aromatic carbocycles. The van der Waals surface area contributed by atoms with Crippen molar-refractivity contribution in [2.75, 3.05) is 0 Å². The number of hydrogen-bond donors (Lipinski definition) is 0. The second-order valence-corrected chi connectivity index (χ2v) is 6.59. The van der Waals surface area contributed by atoms with Crippen LogP contribution in [-0.2, 0) is 19.1 Å². The molecule has 128 valence electrons. The molecule has 1 atom stereocenters. The summed E-state index contributed by atoms with van der Waals surface area (Å²) in [6, 6.07) is 10.0. The first kappa shape index (κ1) is 18.0. The van der Waals surface area contributed by atoms with Gasteiger partial charge in [-0.3, -0.25) is 9.59 Å². The van der Waals surface area contributed by atoms with Crippen LogP contribution in [0.3, 0.4) is 0 Å². The van der Waals surface area contributed by atoms with Gasteiger partial charge in [-0.15, -0.1) is 6.58 Å². The maximum absolute atomic E-state index is 12.5. The molecule has 1 heterocycles. The first-order valence-electron chi connectivity index (χ1n) is 8.10. The molecule has 1 aliphatic heterocycles. The maximum Gasteiger partial charge on any atom is 0.327 e. The predicted molar refractivity (Wildman–Crippen MR) is 92.1 cm³/mol. The molecule has 1 unspecified atom stereocenters. The van der Waals surface area contributed by atoms with Gasteiger partial charge in [-0.25, -0.2) is 0 Å². The van der Waals surface area contributed by atoms with Crippen LogP contribution in [0.5, 0.6) is 0 Å². The summed E-state index contributed by atoms with van der Waals surface area (Å²) in [4.78, 5) is 24.9. The third kappa shape index (κ3) is 3.75. The van der Waals surface area contributed by atoms with E-state index in [0.717, 1.165) is 0 Å². The van der Waals surface area contributed by atoms with E-state index in [4.69, 9.17) is 9.47 Å². The highest BCUT2D eigenvalue weighted by molar-refractivity contribution is 6.02. The van der Waals surface area contributed by atoms with Gasteiger partial charge in [0.25, 0.3) is 5.79 Å². The molecule has 0 radical (unpaired) electrons. The number of carbonyl (C=O) groups excluding carboxylic acids is 2. The van der Waals surface area contributed by atoms with Crippen LogP contribution in [0.25, 0.3) is 0 Å². The molecule has 0 aliphatic carbocycles. The lowest BCUT2D eigenvalue weighted by Crippen LogP contribution is -2.53. The zero-order valence-corrected chi connectivity index (χ0v) is 14.5. The van der Waals surface area contributed by atoms with Gasteiger partial charge in [0.05, 0.1) is 0 Å². The predicted octanol–water partition coefficient (Wildman–Crippen LogP) is 4.14. The Morgan fingerprint density at radius 3 is 2.21 bits per heavy atom. The van der Waals surface area contributed by atoms with Crippen molar-refractivity contribution in [2.45, 2.75) is 45.3 Å². The number of benzene rings is 1. The fraction of sp³-hybridized carbons (Fsp3) is 0.400. The molecular formula is C20H24O4. The van der Waals surface area contributed by atoms with Crippen LogP contribution in [0.1, 0.15) is 45.1 Å². The lowest BCUT2D eigenvalue weighted by molar-refractivity contribution is -0.250. The van der Waals surface area contributed by atoms with Gasteiger partial charge >= 0.3 is 11.9 Å². The van der Waals surface area contributed by atoms with Crippen molar-refractivity contribution in [3.05, 3.63) is 60.7 Å². The van der Waals surface area contributed by atoms with Crippen molar-refractivity contribution in [1.29, 1.82) is 0 Å². The molecule has 1 fully saturated rings. The first-order chi connectivity index (χ1) is 11.3. The lowest BCUT2D eigenvalue weighted by Gasteiger charge is -2.39. The van der Waals surface area contributed by atoms with Gasteiger partial charge in [0.2, 0.25) is 0 Å². The van der Waals surface area contributed by atoms with E-state index in [9.17, 15) is 9.59 Å². The van der Waals surface area contributed by atoms with Crippen molar-refractivity contribution in [2.24, 2.45) is 5.41 Å². The Kier molecular flexibility index (Phi) is 5.27. The molecule has 0 N–H and O–H groups in total. The highest BCUT2D eigenvalue weighted by Crippen LogP contribution is 2.39. The summed E-state index contributed by atoms with van der Waals surface area (Å²) in [5.74, 6) is -2.15. The van der Waals surface area contributed by atoms with Gasteiger partial charge in [-0.2, -0.15) is 0 Å². The summed E-state index contributed by atoms with van der Waals surface area (Å²) in [5, 5.41) is 0. The summed E-state index contributed by atoms with van der Waals surface area (Å²) >= 11 is 0. The van der Waals surface area contributed by atoms with Crippen molar-refractivity contribution in [3.8, 4) is 0 Å². The first-order valence-corrected chi connectivity index (χ1v) is 8.10. The Bertz CT molecular complexity index is 623. The monoisotopic (exact) mass is 328 g/mol. The normalized spacial score (nSPS) is 20.3. The number of allylic oxidation sites excluding steroid dienone is 3. The lowest BCUT2D eigenvalue weighted by atomic mass is 9.79. The fourth-order valence-corrected chi connectivity index (χ4v) is 2.75. The molecule has 1 aromatic rings.